The minimum atomic E-state index is -3.98. The standard InChI is InChI=1S/C28H39N3O4S/c1-2-35-26-19-21-27(22-20-26)36(33,34)31(25-17-13-10-14-18-25)23-28(32)30-29-24-15-11-8-6-4-3-5-7-9-12-16-24/h10,13-14,17-22H,2-9,11-12,15-16,23H2,1H3,(H,30,32). The summed E-state index contributed by atoms with van der Waals surface area (Å²) in [5.41, 5.74) is 4.04. The molecule has 0 aliphatic heterocycles. The summed E-state index contributed by atoms with van der Waals surface area (Å²) in [5.74, 6) is 0.125. The summed E-state index contributed by atoms with van der Waals surface area (Å²) in [6, 6.07) is 14.9. The summed E-state index contributed by atoms with van der Waals surface area (Å²) in [7, 11) is -3.98. The third-order valence-electron chi connectivity index (χ3n) is 6.32. The topological polar surface area (TPSA) is 88.1 Å². The van der Waals surface area contributed by atoms with Gasteiger partial charge in [-0.1, -0.05) is 63.1 Å². The molecule has 0 unspecified atom stereocenters. The van der Waals surface area contributed by atoms with E-state index in [-0.39, 0.29) is 11.4 Å². The van der Waals surface area contributed by atoms with Gasteiger partial charge in [0.05, 0.1) is 17.2 Å². The molecule has 1 fully saturated rings. The third-order valence-corrected chi connectivity index (χ3v) is 8.11. The SMILES string of the molecule is CCOc1ccc(S(=O)(=O)N(CC(=O)NN=C2CCCCCCCCCCC2)c2ccccc2)cc1. The molecule has 0 saturated heterocycles. The van der Waals surface area contributed by atoms with Crippen molar-refractivity contribution in [2.75, 3.05) is 17.5 Å². The van der Waals surface area contributed by atoms with Crippen LogP contribution in [0.25, 0.3) is 0 Å². The molecule has 0 radical (unpaired) electrons. The number of benzene rings is 2. The van der Waals surface area contributed by atoms with Crippen molar-refractivity contribution in [2.45, 2.75) is 82.4 Å². The number of rotatable bonds is 8. The molecule has 0 atom stereocenters. The van der Waals surface area contributed by atoms with Crippen LogP contribution in [0.15, 0.2) is 64.6 Å². The van der Waals surface area contributed by atoms with Crippen molar-refractivity contribution >= 4 is 27.3 Å². The number of carbonyl (C=O) groups is 1. The van der Waals surface area contributed by atoms with Gasteiger partial charge in [0, 0.05) is 5.71 Å². The second-order valence-electron chi connectivity index (χ2n) is 9.15. The largest absolute Gasteiger partial charge is 0.494 e. The smallest absolute Gasteiger partial charge is 0.264 e. The quantitative estimate of drug-likeness (QED) is 0.435. The van der Waals surface area contributed by atoms with Crippen LogP contribution in [-0.2, 0) is 14.8 Å². The molecule has 0 aromatic heterocycles. The lowest BCUT2D eigenvalue weighted by molar-refractivity contribution is -0.119. The van der Waals surface area contributed by atoms with Crippen molar-refractivity contribution < 1.29 is 17.9 Å². The Bertz CT molecular complexity index is 1060. The van der Waals surface area contributed by atoms with Gasteiger partial charge >= 0.3 is 0 Å². The van der Waals surface area contributed by atoms with Gasteiger partial charge in [-0.05, 0) is 69.0 Å². The molecule has 0 bridgehead atoms. The highest BCUT2D eigenvalue weighted by molar-refractivity contribution is 7.92. The monoisotopic (exact) mass is 513 g/mol. The zero-order valence-corrected chi connectivity index (χ0v) is 22.1. The average Bonchev–Trinajstić information content (AvgIpc) is 2.88. The van der Waals surface area contributed by atoms with Crippen LogP contribution in [0.2, 0.25) is 0 Å². The fourth-order valence-electron chi connectivity index (χ4n) is 4.35. The first-order valence-corrected chi connectivity index (χ1v) is 14.6. The van der Waals surface area contributed by atoms with E-state index in [0.717, 1.165) is 35.7 Å². The summed E-state index contributed by atoms with van der Waals surface area (Å²) < 4.78 is 33.6. The second-order valence-corrected chi connectivity index (χ2v) is 11.0. The molecule has 3 rings (SSSR count). The van der Waals surface area contributed by atoms with Crippen LogP contribution in [0.1, 0.15) is 77.6 Å². The molecule has 0 heterocycles. The van der Waals surface area contributed by atoms with E-state index in [9.17, 15) is 13.2 Å². The van der Waals surface area contributed by atoms with E-state index in [0.29, 0.717) is 18.0 Å². The number of hydrogen-bond acceptors (Lipinski definition) is 5. The van der Waals surface area contributed by atoms with Crippen molar-refractivity contribution in [1.82, 2.24) is 5.43 Å². The molecule has 1 aliphatic rings. The normalized spacial score (nSPS) is 15.8. The Morgan fingerprint density at radius 3 is 1.97 bits per heavy atom. The molecule has 2 aromatic rings. The first kappa shape index (κ1) is 27.7. The summed E-state index contributed by atoms with van der Waals surface area (Å²) in [6.45, 7) is 1.99. The molecule has 36 heavy (non-hydrogen) atoms. The lowest BCUT2D eigenvalue weighted by atomic mass is 10.00. The Balaban J connectivity index is 1.73. The molecule has 0 spiro atoms. The number of anilines is 1. The van der Waals surface area contributed by atoms with Gasteiger partial charge in [0.25, 0.3) is 15.9 Å². The number of ether oxygens (including phenoxy) is 1. The van der Waals surface area contributed by atoms with Gasteiger partial charge < -0.3 is 4.74 Å². The summed E-state index contributed by atoms with van der Waals surface area (Å²) in [6.07, 6.45) is 12.6. The molecule has 1 aliphatic carbocycles. The van der Waals surface area contributed by atoms with Gasteiger partial charge in [-0.15, -0.1) is 0 Å². The molecule has 1 saturated carbocycles. The van der Waals surface area contributed by atoms with Crippen LogP contribution in [0.5, 0.6) is 5.75 Å². The molecule has 7 nitrogen and oxygen atoms in total. The zero-order chi connectivity index (χ0) is 25.6. The van der Waals surface area contributed by atoms with Crippen molar-refractivity contribution in [1.29, 1.82) is 0 Å². The summed E-state index contributed by atoms with van der Waals surface area (Å²) in [5, 5.41) is 4.42. The van der Waals surface area contributed by atoms with Crippen molar-refractivity contribution in [3.05, 3.63) is 54.6 Å². The average molecular weight is 514 g/mol. The first-order valence-electron chi connectivity index (χ1n) is 13.2. The molecular formula is C28H39N3O4S. The van der Waals surface area contributed by atoms with Crippen LogP contribution in [0.4, 0.5) is 5.69 Å². The van der Waals surface area contributed by atoms with Crippen LogP contribution in [0.3, 0.4) is 0 Å². The maximum Gasteiger partial charge on any atom is 0.264 e. The zero-order valence-electron chi connectivity index (χ0n) is 21.3. The molecule has 8 heteroatoms. The van der Waals surface area contributed by atoms with E-state index in [4.69, 9.17) is 4.74 Å². The van der Waals surface area contributed by atoms with Crippen LogP contribution in [-0.4, -0.2) is 33.2 Å². The number of amides is 1. The molecule has 1 N–H and O–H groups in total. The predicted molar refractivity (Wildman–Crippen MR) is 145 cm³/mol. The van der Waals surface area contributed by atoms with Gasteiger partial charge in [0.1, 0.15) is 12.3 Å². The fraction of sp³-hybridized carbons (Fsp3) is 0.500. The maximum absolute atomic E-state index is 13.5. The van der Waals surface area contributed by atoms with E-state index in [1.165, 1.54) is 57.1 Å². The number of hydrazone groups is 1. The van der Waals surface area contributed by atoms with Gasteiger partial charge in [-0.2, -0.15) is 5.10 Å². The summed E-state index contributed by atoms with van der Waals surface area (Å²) in [4.78, 5) is 13.0. The van der Waals surface area contributed by atoms with Crippen molar-refractivity contribution in [3.63, 3.8) is 0 Å². The lowest BCUT2D eigenvalue weighted by Gasteiger charge is -2.23. The minimum Gasteiger partial charge on any atom is -0.494 e. The number of para-hydroxylation sites is 1. The second kappa shape index (κ2) is 14.6. The number of nitrogens with one attached hydrogen (secondary N) is 1. The van der Waals surface area contributed by atoms with Crippen molar-refractivity contribution in [2.24, 2.45) is 5.10 Å². The number of sulfonamides is 1. The highest BCUT2D eigenvalue weighted by Gasteiger charge is 2.27. The van der Waals surface area contributed by atoms with Crippen LogP contribution >= 0.6 is 0 Å². The van der Waals surface area contributed by atoms with Crippen molar-refractivity contribution in [3.8, 4) is 5.75 Å². The summed E-state index contributed by atoms with van der Waals surface area (Å²) >= 11 is 0. The van der Waals surface area contributed by atoms with Gasteiger partial charge in [-0.3, -0.25) is 9.10 Å². The molecule has 196 valence electrons. The van der Waals surface area contributed by atoms with E-state index < -0.39 is 15.9 Å². The van der Waals surface area contributed by atoms with Gasteiger partial charge in [-0.25, -0.2) is 13.8 Å². The molecule has 1 amide bonds. The highest BCUT2D eigenvalue weighted by atomic mass is 32.2. The number of nitrogens with zero attached hydrogens (tertiary/aromatic N) is 2. The van der Waals surface area contributed by atoms with Crippen LogP contribution in [0, 0.1) is 0 Å². The number of hydrogen-bond donors (Lipinski definition) is 1. The van der Waals surface area contributed by atoms with Gasteiger partial charge in [0.15, 0.2) is 0 Å². The van der Waals surface area contributed by atoms with E-state index in [2.05, 4.69) is 10.5 Å². The number of carbonyl (C=O) groups excluding carboxylic acids is 1. The maximum atomic E-state index is 13.5. The Morgan fingerprint density at radius 2 is 1.42 bits per heavy atom. The Kier molecular flexibility index (Phi) is 11.3. The minimum absolute atomic E-state index is 0.0910. The predicted octanol–water partition coefficient (Wildman–Crippen LogP) is 6.06. The van der Waals surface area contributed by atoms with E-state index >= 15 is 0 Å². The van der Waals surface area contributed by atoms with Crippen LogP contribution < -0.4 is 14.5 Å². The fourth-order valence-corrected chi connectivity index (χ4v) is 5.77. The van der Waals surface area contributed by atoms with Gasteiger partial charge in [0.2, 0.25) is 0 Å². The Labute approximate surface area is 216 Å². The third kappa shape index (κ3) is 8.66. The van der Waals surface area contributed by atoms with E-state index in [1.807, 2.05) is 6.92 Å². The Morgan fingerprint density at radius 1 is 0.861 bits per heavy atom. The first-order chi connectivity index (χ1) is 17.5. The van der Waals surface area contributed by atoms with E-state index in [1.54, 1.807) is 42.5 Å². The molecule has 2 aromatic carbocycles. The molecular weight excluding hydrogens is 474 g/mol. The highest BCUT2D eigenvalue weighted by Crippen LogP contribution is 2.25. The lowest BCUT2D eigenvalue weighted by Crippen LogP contribution is -2.39. The Hall–Kier alpha value is -2.87.